The number of aliphatic imine (C=N–C) groups is 1. The zero-order valence-corrected chi connectivity index (χ0v) is 17.2. The minimum Gasteiger partial charge on any atom is -0.486 e. The predicted molar refractivity (Wildman–Crippen MR) is 115 cm³/mol. The van der Waals surface area contributed by atoms with Gasteiger partial charge in [0, 0.05) is 6.07 Å². The number of carboxylic acid groups (broad SMARTS) is 1. The summed E-state index contributed by atoms with van der Waals surface area (Å²) in [7, 11) is 0. The number of ether oxygens (including phenoxy) is 1. The lowest BCUT2D eigenvalue weighted by Gasteiger charge is -2.19. The number of halogens is 4. The van der Waals surface area contributed by atoms with E-state index in [-0.39, 0.29) is 24.5 Å². The van der Waals surface area contributed by atoms with Gasteiger partial charge in [0.1, 0.15) is 30.1 Å². The average molecular weight is 460 g/mol. The van der Waals surface area contributed by atoms with Crippen molar-refractivity contribution in [3.05, 3.63) is 102 Å². The maximum atomic E-state index is 13.3. The van der Waals surface area contributed by atoms with Gasteiger partial charge < -0.3 is 15.2 Å². The summed E-state index contributed by atoms with van der Waals surface area (Å²) < 4.78 is 50.8. The fourth-order valence-corrected chi connectivity index (χ4v) is 3.17. The zero-order chi connectivity index (χ0) is 23.8. The number of hydrogen-bond donors (Lipinski definition) is 2. The molecule has 1 aliphatic rings. The Hall–Kier alpha value is -3.88. The van der Waals surface area contributed by atoms with Gasteiger partial charge in [-0.05, 0) is 23.3 Å². The van der Waals surface area contributed by atoms with Crippen LogP contribution in [-0.4, -0.2) is 29.7 Å². The second kappa shape index (κ2) is 10.6. The van der Waals surface area contributed by atoms with Gasteiger partial charge in [-0.15, -0.1) is 0 Å². The molecule has 1 heterocycles. The Labute approximate surface area is 187 Å². The first-order valence-electron chi connectivity index (χ1n) is 9.85. The van der Waals surface area contributed by atoms with E-state index >= 15 is 0 Å². The van der Waals surface area contributed by atoms with Crippen LogP contribution < -0.4 is 10.1 Å². The SMILES string of the molecule is Fc1cccc(OCC2=N[C@H](c3ccccc3)[C@H](c3ccccc3)N2)c1.O=C(O)C(F)(F)F. The predicted octanol–water partition coefficient (Wildman–Crippen LogP) is 5.32. The molecule has 0 radical (unpaired) electrons. The summed E-state index contributed by atoms with van der Waals surface area (Å²) in [6.07, 6.45) is -5.08. The fraction of sp³-hybridized carbons (Fsp3) is 0.167. The third-order valence-electron chi connectivity index (χ3n) is 4.65. The second-order valence-corrected chi connectivity index (χ2v) is 7.01. The first-order valence-corrected chi connectivity index (χ1v) is 9.85. The van der Waals surface area contributed by atoms with Crippen LogP contribution in [0.4, 0.5) is 17.6 Å². The summed E-state index contributed by atoms with van der Waals surface area (Å²) in [4.78, 5) is 13.7. The van der Waals surface area contributed by atoms with Crippen molar-refractivity contribution in [2.45, 2.75) is 18.3 Å². The van der Waals surface area contributed by atoms with Crippen LogP contribution >= 0.6 is 0 Å². The first-order chi connectivity index (χ1) is 15.7. The van der Waals surface area contributed by atoms with Crippen LogP contribution in [0.2, 0.25) is 0 Å². The van der Waals surface area contributed by atoms with Gasteiger partial charge in [0.25, 0.3) is 0 Å². The van der Waals surface area contributed by atoms with E-state index in [1.54, 1.807) is 12.1 Å². The smallest absolute Gasteiger partial charge is 0.486 e. The molecule has 0 spiro atoms. The van der Waals surface area contributed by atoms with Crippen LogP contribution in [0.3, 0.4) is 0 Å². The molecule has 0 aliphatic carbocycles. The highest BCUT2D eigenvalue weighted by Gasteiger charge is 2.38. The van der Waals surface area contributed by atoms with Crippen LogP contribution in [0.5, 0.6) is 5.75 Å². The van der Waals surface area contributed by atoms with E-state index in [0.717, 1.165) is 11.4 Å². The van der Waals surface area contributed by atoms with Gasteiger partial charge in [-0.3, -0.25) is 4.99 Å². The molecular formula is C24H20F4N2O3. The third-order valence-corrected chi connectivity index (χ3v) is 4.65. The molecule has 0 unspecified atom stereocenters. The molecule has 2 N–H and O–H groups in total. The van der Waals surface area contributed by atoms with Gasteiger partial charge in [-0.2, -0.15) is 13.2 Å². The van der Waals surface area contributed by atoms with E-state index in [4.69, 9.17) is 19.6 Å². The number of hydrogen-bond acceptors (Lipinski definition) is 4. The monoisotopic (exact) mass is 460 g/mol. The highest BCUT2D eigenvalue weighted by molar-refractivity contribution is 5.86. The van der Waals surface area contributed by atoms with Crippen LogP contribution in [-0.2, 0) is 4.79 Å². The van der Waals surface area contributed by atoms with Gasteiger partial charge in [-0.1, -0.05) is 66.7 Å². The van der Waals surface area contributed by atoms with E-state index in [9.17, 15) is 17.6 Å². The lowest BCUT2D eigenvalue weighted by molar-refractivity contribution is -0.192. The molecule has 33 heavy (non-hydrogen) atoms. The number of alkyl halides is 3. The molecule has 3 aromatic carbocycles. The largest absolute Gasteiger partial charge is 0.490 e. The number of nitrogens with one attached hydrogen (secondary N) is 1. The van der Waals surface area contributed by atoms with Crippen molar-refractivity contribution in [3.63, 3.8) is 0 Å². The van der Waals surface area contributed by atoms with E-state index in [1.807, 2.05) is 36.4 Å². The molecular weight excluding hydrogens is 440 g/mol. The summed E-state index contributed by atoms with van der Waals surface area (Å²) in [6, 6.07) is 26.6. The number of amidine groups is 1. The average Bonchev–Trinajstić information content (AvgIpc) is 3.23. The summed E-state index contributed by atoms with van der Waals surface area (Å²) in [5.74, 6) is -1.81. The van der Waals surface area contributed by atoms with Crippen molar-refractivity contribution >= 4 is 11.8 Å². The molecule has 0 aromatic heterocycles. The molecule has 9 heteroatoms. The Morgan fingerprint density at radius 2 is 1.52 bits per heavy atom. The van der Waals surface area contributed by atoms with Gasteiger partial charge in [0.05, 0.1) is 6.04 Å². The maximum absolute atomic E-state index is 13.3. The molecule has 2 atom stereocenters. The number of carbonyl (C=O) groups is 1. The number of carboxylic acids is 1. The van der Waals surface area contributed by atoms with Crippen LogP contribution in [0, 0.1) is 5.82 Å². The van der Waals surface area contributed by atoms with Crippen molar-refractivity contribution in [2.24, 2.45) is 4.99 Å². The molecule has 5 nitrogen and oxygen atoms in total. The Morgan fingerprint density at radius 3 is 2.06 bits per heavy atom. The van der Waals surface area contributed by atoms with E-state index in [0.29, 0.717) is 5.75 Å². The lowest BCUT2D eigenvalue weighted by atomic mass is 9.95. The minimum absolute atomic E-state index is 0.0234. The number of nitrogens with zero attached hydrogens (tertiary/aromatic N) is 1. The van der Waals surface area contributed by atoms with Crippen LogP contribution in [0.25, 0.3) is 0 Å². The molecule has 172 valence electrons. The topological polar surface area (TPSA) is 70.9 Å². The second-order valence-electron chi connectivity index (χ2n) is 7.01. The first kappa shape index (κ1) is 23.8. The van der Waals surface area contributed by atoms with Crippen molar-refractivity contribution in [3.8, 4) is 5.75 Å². The van der Waals surface area contributed by atoms with Gasteiger partial charge in [0.2, 0.25) is 0 Å². The van der Waals surface area contributed by atoms with E-state index in [2.05, 4.69) is 29.6 Å². The quantitative estimate of drug-likeness (QED) is 0.506. The van der Waals surface area contributed by atoms with Crippen molar-refractivity contribution < 1.29 is 32.2 Å². The summed E-state index contributed by atoms with van der Waals surface area (Å²) in [5.41, 5.74) is 2.32. The number of benzene rings is 3. The maximum Gasteiger partial charge on any atom is 0.490 e. The Morgan fingerprint density at radius 1 is 0.939 bits per heavy atom. The Bertz CT molecular complexity index is 1090. The molecule has 0 amide bonds. The van der Waals surface area contributed by atoms with Gasteiger partial charge in [0.15, 0.2) is 0 Å². The number of rotatable bonds is 5. The van der Waals surface area contributed by atoms with E-state index in [1.165, 1.54) is 17.7 Å². The standard InChI is InChI=1S/C22H19FN2O.C2HF3O2/c23-18-12-7-13-19(14-18)26-15-20-24-21(16-8-3-1-4-9-16)22(25-20)17-10-5-2-6-11-17;3-2(4,5)1(6)7/h1-14,21-22H,15H2,(H,24,25);(H,6,7)/t21-,22+;. The summed E-state index contributed by atoms with van der Waals surface area (Å²) in [6.45, 7) is 0.274. The van der Waals surface area contributed by atoms with E-state index < -0.39 is 12.1 Å². The molecule has 0 bridgehead atoms. The highest BCUT2D eigenvalue weighted by atomic mass is 19.4. The lowest BCUT2D eigenvalue weighted by Crippen LogP contribution is -2.28. The van der Waals surface area contributed by atoms with Gasteiger partial charge >= 0.3 is 12.1 Å². The summed E-state index contributed by atoms with van der Waals surface area (Å²) >= 11 is 0. The summed E-state index contributed by atoms with van der Waals surface area (Å²) in [5, 5.41) is 10.6. The minimum atomic E-state index is -5.08. The van der Waals surface area contributed by atoms with Gasteiger partial charge in [-0.25, -0.2) is 9.18 Å². The van der Waals surface area contributed by atoms with Crippen LogP contribution in [0.1, 0.15) is 23.2 Å². The van der Waals surface area contributed by atoms with Crippen molar-refractivity contribution in [1.29, 1.82) is 0 Å². The molecule has 1 aliphatic heterocycles. The fourth-order valence-electron chi connectivity index (χ4n) is 3.17. The third kappa shape index (κ3) is 6.80. The number of aliphatic carboxylic acids is 1. The van der Waals surface area contributed by atoms with Crippen LogP contribution in [0.15, 0.2) is 89.9 Å². The molecule has 0 saturated heterocycles. The molecule has 3 aromatic rings. The Balaban J connectivity index is 0.000000383. The Kier molecular flexibility index (Phi) is 7.66. The molecule has 4 rings (SSSR count). The molecule has 0 saturated carbocycles. The highest BCUT2D eigenvalue weighted by Crippen LogP contribution is 2.35. The normalized spacial score (nSPS) is 17.3. The van der Waals surface area contributed by atoms with Crippen molar-refractivity contribution in [1.82, 2.24) is 5.32 Å². The zero-order valence-electron chi connectivity index (χ0n) is 17.2. The van der Waals surface area contributed by atoms with Crippen molar-refractivity contribution in [2.75, 3.05) is 6.61 Å². The molecule has 0 fully saturated rings.